The van der Waals surface area contributed by atoms with Crippen LogP contribution in [-0.2, 0) is 34.0 Å². The van der Waals surface area contributed by atoms with Crippen LogP contribution in [-0.4, -0.2) is 56.4 Å². The molecule has 0 aliphatic rings. The van der Waals surface area contributed by atoms with Gasteiger partial charge in [-0.25, -0.2) is 0 Å². The second-order valence-electron chi connectivity index (χ2n) is 9.45. The Labute approximate surface area is 263 Å². The lowest BCUT2D eigenvalue weighted by Gasteiger charge is -2.29. The molecule has 1 amide bonds. The molecule has 11 heteroatoms. The molecule has 1 rings (SSSR count). The van der Waals surface area contributed by atoms with Gasteiger partial charge in [0.05, 0.1) is 12.1 Å². The SMILES string of the molecule is C.C.C.C.CCCCCCC(CC(=O)Nc1ccccc1S(=O)(=O)O)(OC)C(C)=O.CCCCCCC(OC)C(C)=O.F. The number of carbonyl (C=O) groups is 3. The molecule has 2 atom stereocenters. The highest BCUT2D eigenvalue weighted by Gasteiger charge is 2.37. The molecule has 0 aliphatic heterocycles. The monoisotopic (exact) mass is 641 g/mol. The Bertz CT molecular complexity index is 972. The normalized spacial score (nSPS) is 12.0. The molecule has 0 spiro atoms. The van der Waals surface area contributed by atoms with Gasteiger partial charge in [-0.2, -0.15) is 8.42 Å². The number of methoxy groups -OCH3 is 2. The maximum Gasteiger partial charge on any atom is 0.296 e. The predicted octanol–water partition coefficient (Wildman–Crippen LogP) is 8.46. The third kappa shape index (κ3) is 21.2. The number of ketones is 2. The molecule has 2 N–H and O–H groups in total. The Hall–Kier alpha value is -2.21. The summed E-state index contributed by atoms with van der Waals surface area (Å²) in [5.74, 6) is -0.669. The number of nitrogens with one attached hydrogen (secondary N) is 1. The standard InChI is InChI=1S/C18H27NO6S.C10H20O2.4CH4.FH/c1-4-5-6-9-12-18(25-3,14(2)20)13-17(21)19-15-10-7-8-11-16(15)26(22,23)24;1-4-5-6-7-8-10(12-3)9(2)11;;;;;/h7-8,10-11H,4-6,9,12-13H2,1-3H3,(H,19,21)(H,22,23,24);10H,4-8H2,1-3H3;4*1H4;1H. The molecule has 0 radical (unpaired) electrons. The molecular formula is C32H64FNO8S. The van der Waals surface area contributed by atoms with Crippen molar-refractivity contribution in [1.29, 1.82) is 0 Å². The summed E-state index contributed by atoms with van der Waals surface area (Å²) < 4.78 is 42.5. The number of halogens is 1. The Morgan fingerprint density at radius 1 is 0.884 bits per heavy atom. The number of benzene rings is 1. The van der Waals surface area contributed by atoms with Crippen molar-refractivity contribution in [2.24, 2.45) is 0 Å². The van der Waals surface area contributed by atoms with Crippen LogP contribution in [0.4, 0.5) is 10.4 Å². The van der Waals surface area contributed by atoms with Gasteiger partial charge in [-0.15, -0.1) is 0 Å². The lowest BCUT2D eigenvalue weighted by atomic mass is 9.88. The van der Waals surface area contributed by atoms with Gasteiger partial charge in [0.1, 0.15) is 16.6 Å². The zero-order chi connectivity index (χ0) is 29.2. The van der Waals surface area contributed by atoms with Crippen molar-refractivity contribution in [3.05, 3.63) is 24.3 Å². The van der Waals surface area contributed by atoms with Crippen LogP contribution in [0.1, 0.15) is 128 Å². The van der Waals surface area contributed by atoms with E-state index in [1.165, 1.54) is 57.6 Å². The minimum atomic E-state index is -4.48. The van der Waals surface area contributed by atoms with Crippen molar-refractivity contribution in [2.75, 3.05) is 19.5 Å². The Morgan fingerprint density at radius 2 is 1.40 bits per heavy atom. The van der Waals surface area contributed by atoms with Gasteiger partial charge in [0.15, 0.2) is 11.6 Å². The van der Waals surface area contributed by atoms with E-state index in [4.69, 9.17) is 9.47 Å². The summed E-state index contributed by atoms with van der Waals surface area (Å²) in [7, 11) is -1.49. The van der Waals surface area contributed by atoms with E-state index in [0.717, 1.165) is 38.5 Å². The largest absolute Gasteiger partial charge is 0.374 e. The molecule has 1 aromatic carbocycles. The molecule has 1 aromatic rings. The second-order valence-corrected chi connectivity index (χ2v) is 10.8. The summed E-state index contributed by atoms with van der Waals surface area (Å²) in [5.41, 5.74) is -1.29. The highest BCUT2D eigenvalue weighted by molar-refractivity contribution is 7.86. The Balaban J connectivity index is -0.000000174. The highest BCUT2D eigenvalue weighted by atomic mass is 32.2. The molecule has 0 saturated heterocycles. The van der Waals surface area contributed by atoms with Crippen LogP contribution < -0.4 is 5.32 Å². The van der Waals surface area contributed by atoms with Gasteiger partial charge in [0, 0.05) is 14.2 Å². The lowest BCUT2D eigenvalue weighted by Crippen LogP contribution is -2.42. The highest BCUT2D eigenvalue weighted by Crippen LogP contribution is 2.27. The van der Waals surface area contributed by atoms with E-state index in [-0.39, 0.29) is 64.2 Å². The lowest BCUT2D eigenvalue weighted by molar-refractivity contribution is -0.145. The number of anilines is 1. The van der Waals surface area contributed by atoms with Crippen molar-refractivity contribution >= 4 is 33.3 Å². The van der Waals surface area contributed by atoms with Crippen LogP contribution >= 0.6 is 0 Å². The van der Waals surface area contributed by atoms with Crippen LogP contribution in [0.5, 0.6) is 0 Å². The minimum absolute atomic E-state index is 0. The molecule has 0 heterocycles. The number of para-hydroxylation sites is 1. The number of hydrogen-bond acceptors (Lipinski definition) is 7. The smallest absolute Gasteiger partial charge is 0.296 e. The van der Waals surface area contributed by atoms with Gasteiger partial charge in [0.2, 0.25) is 5.91 Å². The van der Waals surface area contributed by atoms with Crippen LogP contribution in [0.25, 0.3) is 0 Å². The molecule has 0 aliphatic carbocycles. The van der Waals surface area contributed by atoms with E-state index >= 15 is 0 Å². The Morgan fingerprint density at radius 3 is 1.81 bits per heavy atom. The Kier molecular flexibility index (Phi) is 35.4. The maximum absolute atomic E-state index is 12.4. The van der Waals surface area contributed by atoms with Crippen molar-refractivity contribution < 1.29 is 41.5 Å². The van der Waals surface area contributed by atoms with Crippen LogP contribution in [0, 0.1) is 0 Å². The summed E-state index contributed by atoms with van der Waals surface area (Å²) in [6.45, 7) is 7.23. The number of ether oxygens (including phenoxy) is 2. The zero-order valence-corrected chi connectivity index (χ0v) is 25.1. The first-order chi connectivity index (χ1) is 17.9. The average Bonchev–Trinajstić information content (AvgIpc) is 2.85. The number of amides is 1. The van der Waals surface area contributed by atoms with Crippen molar-refractivity contribution in [3.8, 4) is 0 Å². The van der Waals surface area contributed by atoms with E-state index in [1.807, 2.05) is 0 Å². The number of unbranched alkanes of at least 4 members (excludes halogenated alkanes) is 6. The fraction of sp³-hybridized carbons (Fsp3) is 0.719. The van der Waals surface area contributed by atoms with E-state index in [9.17, 15) is 27.4 Å². The summed E-state index contributed by atoms with van der Waals surface area (Å²) in [6, 6.07) is 5.51. The number of Topliss-reactive ketones (excluding diaryl/α,β-unsaturated/α-hetero) is 2. The van der Waals surface area contributed by atoms with Crippen LogP contribution in [0.3, 0.4) is 0 Å². The molecule has 9 nitrogen and oxygen atoms in total. The third-order valence-electron chi connectivity index (χ3n) is 6.41. The molecule has 0 aromatic heterocycles. The van der Waals surface area contributed by atoms with Crippen LogP contribution in [0.2, 0.25) is 0 Å². The average molecular weight is 642 g/mol. The summed E-state index contributed by atoms with van der Waals surface area (Å²) in [6.07, 6.45) is 9.46. The predicted molar refractivity (Wildman–Crippen MR) is 178 cm³/mol. The summed E-state index contributed by atoms with van der Waals surface area (Å²) in [5, 5.41) is 2.45. The molecule has 43 heavy (non-hydrogen) atoms. The van der Waals surface area contributed by atoms with Crippen LogP contribution in [0.15, 0.2) is 29.2 Å². The first-order valence-corrected chi connectivity index (χ1v) is 14.8. The van der Waals surface area contributed by atoms with Gasteiger partial charge in [0.25, 0.3) is 10.1 Å². The molecule has 0 saturated carbocycles. The molecule has 0 fully saturated rings. The molecular weight excluding hydrogens is 577 g/mol. The van der Waals surface area contributed by atoms with E-state index in [2.05, 4.69) is 19.2 Å². The number of rotatable bonds is 18. The minimum Gasteiger partial charge on any atom is -0.374 e. The van der Waals surface area contributed by atoms with Gasteiger partial charge < -0.3 is 14.8 Å². The van der Waals surface area contributed by atoms with E-state index in [0.29, 0.717) is 6.42 Å². The second kappa shape index (κ2) is 28.6. The maximum atomic E-state index is 12.4. The van der Waals surface area contributed by atoms with Crippen molar-refractivity contribution in [1.82, 2.24) is 0 Å². The fourth-order valence-corrected chi connectivity index (χ4v) is 4.68. The fourth-order valence-electron chi connectivity index (χ4n) is 4.04. The van der Waals surface area contributed by atoms with Crippen molar-refractivity contribution in [3.63, 3.8) is 0 Å². The number of carbonyl (C=O) groups excluding carboxylic acids is 3. The first kappa shape index (κ1) is 53.4. The first-order valence-electron chi connectivity index (χ1n) is 13.3. The van der Waals surface area contributed by atoms with E-state index < -0.39 is 26.5 Å². The van der Waals surface area contributed by atoms with Gasteiger partial charge in [-0.05, 0) is 38.8 Å². The van der Waals surface area contributed by atoms with Crippen molar-refractivity contribution in [2.45, 2.75) is 145 Å². The molecule has 2 unspecified atom stereocenters. The third-order valence-corrected chi connectivity index (χ3v) is 7.32. The topological polar surface area (TPSA) is 136 Å². The zero-order valence-electron chi connectivity index (χ0n) is 24.3. The van der Waals surface area contributed by atoms with E-state index in [1.54, 1.807) is 14.0 Å². The summed E-state index contributed by atoms with van der Waals surface area (Å²) >= 11 is 0. The van der Waals surface area contributed by atoms with Gasteiger partial charge in [-0.3, -0.25) is 23.6 Å². The summed E-state index contributed by atoms with van der Waals surface area (Å²) in [4.78, 5) is 35.1. The molecule has 258 valence electrons. The van der Waals surface area contributed by atoms with Gasteiger partial charge in [-0.1, -0.05) is 107 Å². The van der Waals surface area contributed by atoms with Gasteiger partial charge >= 0.3 is 0 Å². The number of hydrogen-bond donors (Lipinski definition) is 2. The quantitative estimate of drug-likeness (QED) is 0.120. The molecule has 0 bridgehead atoms.